The lowest BCUT2D eigenvalue weighted by Gasteiger charge is -2.33. The minimum atomic E-state index is -0.290. The second-order valence-corrected chi connectivity index (χ2v) is 8.48. The second kappa shape index (κ2) is 12.2. The van der Waals surface area contributed by atoms with Crippen molar-refractivity contribution in [2.45, 2.75) is 52.5 Å². The van der Waals surface area contributed by atoms with Crippen molar-refractivity contribution < 1.29 is 19.1 Å². The Balaban J connectivity index is 1.91. The van der Waals surface area contributed by atoms with E-state index in [1.54, 1.807) is 34.9 Å². The third-order valence-electron chi connectivity index (χ3n) is 5.59. The second-order valence-electron chi connectivity index (χ2n) is 7.67. The van der Waals surface area contributed by atoms with Crippen molar-refractivity contribution in [2.75, 3.05) is 31.6 Å². The molecule has 0 saturated carbocycles. The van der Waals surface area contributed by atoms with Gasteiger partial charge in [-0.25, -0.2) is 4.79 Å². The van der Waals surface area contributed by atoms with Gasteiger partial charge in [-0.05, 0) is 51.3 Å². The molecule has 1 aliphatic heterocycles. The minimum absolute atomic E-state index is 0.0158. The molecule has 1 aliphatic rings. The van der Waals surface area contributed by atoms with Crippen LogP contribution in [0, 0.1) is 5.92 Å². The Hall–Kier alpha value is -1.99. The Morgan fingerprint density at radius 1 is 1.19 bits per heavy atom. The van der Waals surface area contributed by atoms with Gasteiger partial charge in [0.05, 0.1) is 22.6 Å². The van der Waals surface area contributed by atoms with Crippen molar-refractivity contribution in [1.29, 1.82) is 0 Å². The molecule has 172 valence electrons. The van der Waals surface area contributed by atoms with Crippen molar-refractivity contribution in [3.05, 3.63) is 28.2 Å². The highest BCUT2D eigenvalue weighted by molar-refractivity contribution is 6.42. The summed E-state index contributed by atoms with van der Waals surface area (Å²) in [5, 5.41) is 3.60. The van der Waals surface area contributed by atoms with Gasteiger partial charge in [-0.2, -0.15) is 0 Å². The summed E-state index contributed by atoms with van der Waals surface area (Å²) >= 11 is 12.0. The third kappa shape index (κ3) is 7.28. The number of benzene rings is 1. The van der Waals surface area contributed by atoms with Crippen LogP contribution in [-0.2, 0) is 14.3 Å². The first-order valence-corrected chi connectivity index (χ1v) is 11.5. The molecule has 0 aliphatic carbocycles. The molecule has 3 amide bonds. The molecule has 31 heavy (non-hydrogen) atoms. The molecule has 9 heteroatoms. The molecule has 2 rings (SSSR count). The first kappa shape index (κ1) is 25.3. The number of hydrogen-bond donors (Lipinski definition) is 1. The zero-order valence-electron chi connectivity index (χ0n) is 18.3. The highest BCUT2D eigenvalue weighted by Crippen LogP contribution is 2.25. The maximum atomic E-state index is 12.8. The quantitative estimate of drug-likeness (QED) is 0.551. The maximum absolute atomic E-state index is 12.8. The summed E-state index contributed by atoms with van der Waals surface area (Å²) in [5.41, 5.74) is 0.542. The number of urea groups is 1. The predicted molar refractivity (Wildman–Crippen MR) is 122 cm³/mol. The van der Waals surface area contributed by atoms with Crippen LogP contribution in [0.4, 0.5) is 10.5 Å². The fourth-order valence-corrected chi connectivity index (χ4v) is 3.81. The van der Waals surface area contributed by atoms with Gasteiger partial charge in [0.15, 0.2) is 0 Å². The lowest BCUT2D eigenvalue weighted by Crippen LogP contribution is -2.45. The molecule has 0 aromatic heterocycles. The summed E-state index contributed by atoms with van der Waals surface area (Å²) in [7, 11) is 0. The number of nitrogens with zero attached hydrogens (tertiary/aromatic N) is 2. The number of likely N-dealkylation sites (tertiary alicyclic amines) is 1. The highest BCUT2D eigenvalue weighted by Gasteiger charge is 2.29. The summed E-state index contributed by atoms with van der Waals surface area (Å²) in [6.07, 6.45) is 2.20. The van der Waals surface area contributed by atoms with Crippen LogP contribution in [0.1, 0.15) is 46.5 Å². The van der Waals surface area contributed by atoms with Crippen molar-refractivity contribution in [3.8, 4) is 0 Å². The fraction of sp³-hybridized carbons (Fsp3) is 0.591. The molecule has 0 bridgehead atoms. The summed E-state index contributed by atoms with van der Waals surface area (Å²) < 4.78 is 5.07. The van der Waals surface area contributed by atoms with Crippen LogP contribution in [0.5, 0.6) is 0 Å². The van der Waals surface area contributed by atoms with Crippen molar-refractivity contribution >= 4 is 46.8 Å². The molecular formula is C22H31Cl2N3O4. The zero-order valence-corrected chi connectivity index (χ0v) is 19.8. The molecule has 1 N–H and O–H groups in total. The van der Waals surface area contributed by atoms with E-state index in [0.29, 0.717) is 54.8 Å². The van der Waals surface area contributed by atoms with E-state index in [2.05, 4.69) is 5.32 Å². The van der Waals surface area contributed by atoms with Crippen LogP contribution in [-0.4, -0.2) is 60.0 Å². The number of carbonyl (C=O) groups is 3. The number of esters is 1. The molecule has 1 aromatic carbocycles. The van der Waals surface area contributed by atoms with Crippen molar-refractivity contribution in [2.24, 2.45) is 5.92 Å². The molecule has 1 saturated heterocycles. The number of amides is 3. The van der Waals surface area contributed by atoms with Crippen LogP contribution in [0.2, 0.25) is 10.0 Å². The zero-order chi connectivity index (χ0) is 23.0. The van der Waals surface area contributed by atoms with Gasteiger partial charge in [0.2, 0.25) is 5.91 Å². The maximum Gasteiger partial charge on any atom is 0.322 e. The topological polar surface area (TPSA) is 79.0 Å². The van der Waals surface area contributed by atoms with E-state index in [4.69, 9.17) is 27.9 Å². The van der Waals surface area contributed by atoms with Gasteiger partial charge in [0.1, 0.15) is 0 Å². The first-order chi connectivity index (χ1) is 14.8. The minimum Gasteiger partial charge on any atom is -0.466 e. The van der Waals surface area contributed by atoms with E-state index in [-0.39, 0.29) is 36.3 Å². The van der Waals surface area contributed by atoms with E-state index in [0.717, 1.165) is 6.42 Å². The summed E-state index contributed by atoms with van der Waals surface area (Å²) in [6, 6.07) is 4.57. The largest absolute Gasteiger partial charge is 0.466 e. The van der Waals surface area contributed by atoms with Crippen LogP contribution in [0.25, 0.3) is 0 Å². The Bertz CT molecular complexity index is 782. The number of ether oxygens (including phenoxy) is 1. The number of halogens is 2. The van der Waals surface area contributed by atoms with Gasteiger partial charge in [0.25, 0.3) is 0 Å². The summed E-state index contributed by atoms with van der Waals surface area (Å²) in [6.45, 7) is 7.46. The molecule has 1 unspecified atom stereocenters. The van der Waals surface area contributed by atoms with Crippen molar-refractivity contribution in [3.63, 3.8) is 0 Å². The molecule has 1 fully saturated rings. The molecule has 0 radical (unpaired) electrons. The molecule has 7 nitrogen and oxygen atoms in total. The number of hydrogen-bond acceptors (Lipinski definition) is 4. The average molecular weight is 472 g/mol. The summed E-state index contributed by atoms with van der Waals surface area (Å²) in [4.78, 5) is 40.8. The number of carbonyl (C=O) groups excluding carboxylic acids is 3. The Labute approximate surface area is 194 Å². The molecular weight excluding hydrogens is 441 g/mol. The van der Waals surface area contributed by atoms with E-state index in [9.17, 15) is 14.4 Å². The van der Waals surface area contributed by atoms with Crippen LogP contribution < -0.4 is 5.32 Å². The van der Waals surface area contributed by atoms with Gasteiger partial charge in [-0.1, -0.05) is 30.1 Å². The highest BCUT2D eigenvalue weighted by atomic mass is 35.5. The van der Waals surface area contributed by atoms with Gasteiger partial charge in [0, 0.05) is 37.8 Å². The van der Waals surface area contributed by atoms with Gasteiger partial charge >= 0.3 is 12.0 Å². The average Bonchev–Trinajstić information content (AvgIpc) is 2.76. The summed E-state index contributed by atoms with van der Waals surface area (Å²) in [5.74, 6) is -0.341. The normalized spacial score (nSPS) is 15.3. The number of nitrogens with one attached hydrogen (secondary N) is 1. The number of anilines is 1. The van der Waals surface area contributed by atoms with Gasteiger partial charge in [-0.3, -0.25) is 9.59 Å². The first-order valence-electron chi connectivity index (χ1n) is 10.7. The van der Waals surface area contributed by atoms with Gasteiger partial charge in [-0.15, -0.1) is 0 Å². The monoisotopic (exact) mass is 471 g/mol. The predicted octanol–water partition coefficient (Wildman–Crippen LogP) is 4.82. The van der Waals surface area contributed by atoms with E-state index < -0.39 is 0 Å². The lowest BCUT2D eigenvalue weighted by atomic mass is 9.97. The van der Waals surface area contributed by atoms with Crippen LogP contribution in [0.3, 0.4) is 0 Å². The number of piperidine rings is 1. The van der Waals surface area contributed by atoms with Crippen molar-refractivity contribution in [1.82, 2.24) is 9.80 Å². The standard InChI is InChI=1S/C22H31Cl2N3O4/c1-4-15(3)27(22(30)25-17-6-7-18(23)19(24)14-17)13-10-20(28)26-11-8-16(9-12-26)21(29)31-5-2/h6-7,14-16H,4-5,8-13H2,1-3H3,(H,25,30). The van der Waals surface area contributed by atoms with E-state index in [1.165, 1.54) is 0 Å². The van der Waals surface area contributed by atoms with Gasteiger partial charge < -0.3 is 19.9 Å². The van der Waals surface area contributed by atoms with E-state index in [1.807, 2.05) is 13.8 Å². The van der Waals surface area contributed by atoms with Crippen LogP contribution in [0.15, 0.2) is 18.2 Å². The molecule has 1 heterocycles. The molecule has 1 aromatic rings. The van der Waals surface area contributed by atoms with Crippen LogP contribution >= 0.6 is 23.2 Å². The molecule has 0 spiro atoms. The number of rotatable bonds is 8. The smallest absolute Gasteiger partial charge is 0.322 e. The fourth-order valence-electron chi connectivity index (χ4n) is 3.51. The van der Waals surface area contributed by atoms with E-state index >= 15 is 0 Å². The lowest BCUT2D eigenvalue weighted by molar-refractivity contribution is -0.151. The molecule has 1 atom stereocenters. The Morgan fingerprint density at radius 3 is 2.45 bits per heavy atom. The SMILES string of the molecule is CCOC(=O)C1CCN(C(=O)CCN(C(=O)Nc2ccc(Cl)c(Cl)c2)C(C)CC)CC1. The Morgan fingerprint density at radius 2 is 1.87 bits per heavy atom. The third-order valence-corrected chi connectivity index (χ3v) is 6.33. The Kier molecular flexibility index (Phi) is 9.91.